The summed E-state index contributed by atoms with van der Waals surface area (Å²) < 4.78 is 13.7. The molecule has 0 atom stereocenters. The van der Waals surface area contributed by atoms with Crippen LogP contribution in [-0.4, -0.2) is 15.8 Å². The number of allylic oxidation sites excluding steroid dienone is 1. The van der Waals surface area contributed by atoms with Crippen LogP contribution in [0.15, 0.2) is 11.1 Å². The summed E-state index contributed by atoms with van der Waals surface area (Å²) in [5, 5.41) is 0. The summed E-state index contributed by atoms with van der Waals surface area (Å²) in [6, 6.07) is 0. The van der Waals surface area contributed by atoms with E-state index in [-0.39, 0.29) is 5.57 Å². The first-order valence-electron chi connectivity index (χ1n) is 3.34. The van der Waals surface area contributed by atoms with E-state index in [2.05, 4.69) is 9.56 Å². The first kappa shape index (κ1) is 12.3. The standard InChI is InChI=1S/C6H11O6P/c1-4(2)5(3)6(7)11-12-13(8,9)10/h1-3H3,(H2,8,9,10). The van der Waals surface area contributed by atoms with Crippen molar-refractivity contribution in [2.24, 2.45) is 0 Å². The molecule has 0 rings (SSSR count). The molecule has 0 aromatic rings. The lowest BCUT2D eigenvalue weighted by atomic mass is 10.2. The van der Waals surface area contributed by atoms with Crippen LogP contribution in [0.1, 0.15) is 20.8 Å². The van der Waals surface area contributed by atoms with Gasteiger partial charge in [0.05, 0.1) is 0 Å². The molecule has 0 radical (unpaired) electrons. The number of carbonyl (C=O) groups is 1. The van der Waals surface area contributed by atoms with Crippen molar-refractivity contribution in [2.75, 3.05) is 0 Å². The largest absolute Gasteiger partial charge is 0.505 e. The molecule has 0 heterocycles. The van der Waals surface area contributed by atoms with Gasteiger partial charge in [-0.25, -0.2) is 9.36 Å². The molecule has 0 aromatic heterocycles. The van der Waals surface area contributed by atoms with Gasteiger partial charge < -0.3 is 9.79 Å². The van der Waals surface area contributed by atoms with Gasteiger partial charge in [0.15, 0.2) is 0 Å². The van der Waals surface area contributed by atoms with Crippen LogP contribution in [0, 0.1) is 0 Å². The number of hydrogen-bond acceptors (Lipinski definition) is 4. The van der Waals surface area contributed by atoms with Gasteiger partial charge in [0.2, 0.25) is 0 Å². The Morgan fingerprint density at radius 3 is 2.00 bits per heavy atom. The SMILES string of the molecule is CC(C)=C(C)C(=O)OOP(=O)(O)O. The minimum atomic E-state index is -4.76. The van der Waals surface area contributed by atoms with Gasteiger partial charge in [0.1, 0.15) is 0 Å². The third-order valence-corrected chi connectivity index (χ3v) is 1.53. The fourth-order valence-corrected chi connectivity index (χ4v) is 0.514. The van der Waals surface area contributed by atoms with E-state index in [0.717, 1.165) is 0 Å². The molecule has 0 saturated carbocycles. The van der Waals surface area contributed by atoms with Gasteiger partial charge in [-0.1, -0.05) is 10.2 Å². The molecule has 0 aliphatic rings. The first-order chi connectivity index (χ1) is 5.74. The average molecular weight is 210 g/mol. The van der Waals surface area contributed by atoms with E-state index in [0.29, 0.717) is 5.57 Å². The Balaban J connectivity index is 4.20. The molecule has 0 bridgehead atoms. The molecule has 0 fully saturated rings. The maximum Gasteiger partial charge on any atom is 0.505 e. The minimum absolute atomic E-state index is 0.244. The molecule has 76 valence electrons. The Morgan fingerprint density at radius 1 is 1.23 bits per heavy atom. The Kier molecular flexibility index (Phi) is 4.29. The second kappa shape index (κ2) is 4.53. The summed E-state index contributed by atoms with van der Waals surface area (Å²) in [5.74, 6) is -0.914. The lowest BCUT2D eigenvalue weighted by molar-refractivity contribution is -0.217. The van der Waals surface area contributed by atoms with Crippen LogP contribution in [0.4, 0.5) is 0 Å². The molecule has 7 heteroatoms. The van der Waals surface area contributed by atoms with Gasteiger partial charge >= 0.3 is 13.8 Å². The molecule has 6 nitrogen and oxygen atoms in total. The van der Waals surface area contributed by atoms with Crippen LogP contribution in [0.25, 0.3) is 0 Å². The highest BCUT2D eigenvalue weighted by Crippen LogP contribution is 2.36. The lowest BCUT2D eigenvalue weighted by Crippen LogP contribution is -2.06. The van der Waals surface area contributed by atoms with Gasteiger partial charge in [0.25, 0.3) is 0 Å². The van der Waals surface area contributed by atoms with Crippen molar-refractivity contribution in [1.82, 2.24) is 0 Å². The zero-order valence-electron chi connectivity index (χ0n) is 7.47. The molecular weight excluding hydrogens is 199 g/mol. The quantitative estimate of drug-likeness (QED) is 0.311. The predicted octanol–water partition coefficient (Wildman–Crippen LogP) is 0.910. The molecule has 0 aliphatic carbocycles. The Morgan fingerprint density at radius 2 is 1.69 bits per heavy atom. The number of hydrogen-bond donors (Lipinski definition) is 2. The lowest BCUT2D eigenvalue weighted by Gasteiger charge is -2.04. The van der Waals surface area contributed by atoms with E-state index >= 15 is 0 Å². The Labute approximate surface area is 75.3 Å². The predicted molar refractivity (Wildman–Crippen MR) is 43.3 cm³/mol. The minimum Gasteiger partial charge on any atom is -0.301 e. The summed E-state index contributed by atoms with van der Waals surface area (Å²) in [6.45, 7) is 4.78. The molecule has 0 unspecified atom stereocenters. The van der Waals surface area contributed by atoms with E-state index in [4.69, 9.17) is 9.79 Å². The van der Waals surface area contributed by atoms with Crippen LogP contribution >= 0.6 is 7.82 Å². The maximum absolute atomic E-state index is 10.9. The van der Waals surface area contributed by atoms with Crippen LogP contribution in [0.2, 0.25) is 0 Å². The van der Waals surface area contributed by atoms with Crippen LogP contribution < -0.4 is 0 Å². The van der Waals surface area contributed by atoms with E-state index in [9.17, 15) is 9.36 Å². The summed E-state index contributed by atoms with van der Waals surface area (Å²) in [4.78, 5) is 31.1. The summed E-state index contributed by atoms with van der Waals surface area (Å²) in [6.07, 6.45) is 0. The Hall–Kier alpha value is -0.680. The van der Waals surface area contributed by atoms with Crippen molar-refractivity contribution in [3.8, 4) is 0 Å². The number of carbonyl (C=O) groups excluding carboxylic acids is 1. The Bertz CT molecular complexity index is 271. The van der Waals surface area contributed by atoms with Crippen LogP contribution in [0.5, 0.6) is 0 Å². The molecule has 13 heavy (non-hydrogen) atoms. The molecule has 0 amide bonds. The van der Waals surface area contributed by atoms with Crippen molar-refractivity contribution >= 4 is 13.8 Å². The van der Waals surface area contributed by atoms with Crippen LogP contribution in [-0.2, 0) is 18.9 Å². The summed E-state index contributed by atoms with van der Waals surface area (Å²) in [5.41, 5.74) is 0.924. The maximum atomic E-state index is 10.9. The fourth-order valence-electron chi connectivity index (χ4n) is 0.349. The third-order valence-electron chi connectivity index (χ3n) is 1.27. The zero-order chi connectivity index (χ0) is 10.6. The van der Waals surface area contributed by atoms with Gasteiger partial charge in [-0.2, -0.15) is 0 Å². The topological polar surface area (TPSA) is 93.1 Å². The zero-order valence-corrected chi connectivity index (χ0v) is 8.37. The van der Waals surface area contributed by atoms with E-state index in [1.807, 2.05) is 0 Å². The van der Waals surface area contributed by atoms with Crippen molar-refractivity contribution in [2.45, 2.75) is 20.8 Å². The van der Waals surface area contributed by atoms with Gasteiger partial charge in [0, 0.05) is 5.57 Å². The van der Waals surface area contributed by atoms with Crippen molar-refractivity contribution in [3.63, 3.8) is 0 Å². The summed E-state index contributed by atoms with van der Waals surface area (Å²) in [7, 11) is -4.76. The second-order valence-corrected chi connectivity index (χ2v) is 3.69. The molecule has 0 aliphatic heterocycles. The normalized spacial score (nSPS) is 10.8. The summed E-state index contributed by atoms with van der Waals surface area (Å²) >= 11 is 0. The molecule has 0 spiro atoms. The van der Waals surface area contributed by atoms with Crippen LogP contribution in [0.3, 0.4) is 0 Å². The molecule has 0 aromatic carbocycles. The van der Waals surface area contributed by atoms with Crippen molar-refractivity contribution in [3.05, 3.63) is 11.1 Å². The monoisotopic (exact) mass is 210 g/mol. The van der Waals surface area contributed by atoms with Crippen molar-refractivity contribution < 1.29 is 28.7 Å². The highest BCUT2D eigenvalue weighted by molar-refractivity contribution is 7.46. The second-order valence-electron chi connectivity index (χ2n) is 2.56. The van der Waals surface area contributed by atoms with E-state index in [1.54, 1.807) is 13.8 Å². The fraction of sp³-hybridized carbons (Fsp3) is 0.500. The van der Waals surface area contributed by atoms with Crippen molar-refractivity contribution in [1.29, 1.82) is 0 Å². The smallest absolute Gasteiger partial charge is 0.301 e. The molecular formula is C6H11O6P. The number of rotatable bonds is 3. The molecule has 2 N–H and O–H groups in total. The van der Waals surface area contributed by atoms with E-state index < -0.39 is 13.8 Å². The average Bonchev–Trinajstić information content (AvgIpc) is 1.97. The highest BCUT2D eigenvalue weighted by atomic mass is 31.2. The van der Waals surface area contributed by atoms with E-state index in [1.165, 1.54) is 6.92 Å². The van der Waals surface area contributed by atoms with Gasteiger partial charge in [-0.3, -0.25) is 4.89 Å². The molecule has 0 saturated heterocycles. The first-order valence-corrected chi connectivity index (χ1v) is 4.87. The van der Waals surface area contributed by atoms with Gasteiger partial charge in [-0.05, 0) is 20.8 Å². The van der Waals surface area contributed by atoms with Gasteiger partial charge in [-0.15, -0.1) is 0 Å². The third kappa shape index (κ3) is 5.54. The highest BCUT2D eigenvalue weighted by Gasteiger charge is 2.19. The number of phosphoric acid groups is 1.